The molecule has 1 aromatic heterocycles. The Morgan fingerprint density at radius 2 is 2.26 bits per heavy atom. The number of pyridine rings is 1. The van der Waals surface area contributed by atoms with Crippen LogP contribution in [-0.2, 0) is 10.2 Å². The second kappa shape index (κ2) is 6.11. The molecule has 2 saturated carbocycles. The van der Waals surface area contributed by atoms with E-state index in [1.165, 1.54) is 12.8 Å². The van der Waals surface area contributed by atoms with Crippen LogP contribution in [0.1, 0.15) is 44.2 Å². The van der Waals surface area contributed by atoms with E-state index in [2.05, 4.69) is 21.7 Å². The van der Waals surface area contributed by atoms with E-state index in [9.17, 15) is 4.79 Å². The van der Waals surface area contributed by atoms with Crippen LogP contribution < -0.4 is 10.6 Å². The van der Waals surface area contributed by atoms with Gasteiger partial charge in [-0.3, -0.25) is 4.98 Å². The number of urea groups is 1. The Morgan fingerprint density at radius 3 is 2.96 bits per heavy atom. The zero-order valence-corrected chi connectivity index (χ0v) is 13.5. The normalized spacial score (nSPS) is 31.2. The van der Waals surface area contributed by atoms with E-state index in [-0.39, 0.29) is 17.5 Å². The monoisotopic (exact) mass is 315 g/mol. The molecule has 0 aromatic carbocycles. The molecule has 1 saturated heterocycles. The molecule has 2 N–H and O–H groups in total. The summed E-state index contributed by atoms with van der Waals surface area (Å²) in [7, 11) is 0. The van der Waals surface area contributed by atoms with Crippen LogP contribution in [0, 0.1) is 5.92 Å². The minimum absolute atomic E-state index is 0.0364. The van der Waals surface area contributed by atoms with Gasteiger partial charge in [-0.15, -0.1) is 0 Å². The van der Waals surface area contributed by atoms with Crippen molar-refractivity contribution in [2.75, 3.05) is 13.2 Å². The molecule has 5 heteroatoms. The van der Waals surface area contributed by atoms with E-state index in [0.717, 1.165) is 38.0 Å². The van der Waals surface area contributed by atoms with Crippen molar-refractivity contribution in [2.24, 2.45) is 5.92 Å². The fraction of sp³-hybridized carbons (Fsp3) is 0.667. The van der Waals surface area contributed by atoms with E-state index in [1.807, 2.05) is 18.3 Å². The lowest BCUT2D eigenvalue weighted by Crippen LogP contribution is -2.60. The number of amides is 2. The Bertz CT molecular complexity index is 559. The van der Waals surface area contributed by atoms with Gasteiger partial charge in [0, 0.05) is 42.4 Å². The first-order valence-corrected chi connectivity index (χ1v) is 8.84. The fourth-order valence-corrected chi connectivity index (χ4v) is 4.23. The molecule has 2 heterocycles. The molecule has 0 radical (unpaired) electrons. The third kappa shape index (κ3) is 2.82. The van der Waals surface area contributed by atoms with E-state index in [0.29, 0.717) is 18.6 Å². The van der Waals surface area contributed by atoms with Crippen LogP contribution in [0.2, 0.25) is 0 Å². The molecule has 0 spiro atoms. The van der Waals surface area contributed by atoms with Gasteiger partial charge in [0.05, 0.1) is 6.10 Å². The number of nitrogens with zero attached hydrogens (tertiary/aromatic N) is 1. The van der Waals surface area contributed by atoms with Gasteiger partial charge in [0.2, 0.25) is 0 Å². The molecule has 3 aliphatic rings. The predicted molar refractivity (Wildman–Crippen MR) is 87.2 cm³/mol. The summed E-state index contributed by atoms with van der Waals surface area (Å²) in [6.45, 7) is 1.56. The SMILES string of the molecule is O=C(NCC1(c2ccccn2)CCC1)NC1CC2OCCCC12. The first-order chi connectivity index (χ1) is 11.3. The Labute approximate surface area is 137 Å². The highest BCUT2D eigenvalue weighted by molar-refractivity contribution is 5.74. The Morgan fingerprint density at radius 1 is 1.35 bits per heavy atom. The summed E-state index contributed by atoms with van der Waals surface area (Å²) < 4.78 is 5.71. The highest BCUT2D eigenvalue weighted by Crippen LogP contribution is 2.42. The molecule has 3 unspecified atom stereocenters. The molecule has 4 rings (SSSR count). The van der Waals surface area contributed by atoms with Crippen LogP contribution in [0.5, 0.6) is 0 Å². The van der Waals surface area contributed by atoms with Crippen molar-refractivity contribution < 1.29 is 9.53 Å². The van der Waals surface area contributed by atoms with Gasteiger partial charge in [-0.1, -0.05) is 12.5 Å². The summed E-state index contributed by atoms with van der Waals surface area (Å²) >= 11 is 0. The van der Waals surface area contributed by atoms with Crippen molar-refractivity contribution in [3.05, 3.63) is 30.1 Å². The van der Waals surface area contributed by atoms with E-state index in [1.54, 1.807) is 0 Å². The molecule has 1 aliphatic heterocycles. The van der Waals surface area contributed by atoms with Crippen LogP contribution >= 0.6 is 0 Å². The molecule has 3 atom stereocenters. The number of carbonyl (C=O) groups is 1. The van der Waals surface area contributed by atoms with Gasteiger partial charge in [0.25, 0.3) is 0 Å². The molecule has 5 nitrogen and oxygen atoms in total. The summed E-state index contributed by atoms with van der Waals surface area (Å²) in [6.07, 6.45) is 8.89. The summed E-state index contributed by atoms with van der Waals surface area (Å²) in [6, 6.07) is 6.29. The summed E-state index contributed by atoms with van der Waals surface area (Å²) in [5.41, 5.74) is 1.14. The first kappa shape index (κ1) is 14.9. The van der Waals surface area contributed by atoms with E-state index >= 15 is 0 Å². The molecule has 1 aromatic rings. The molecule has 2 amide bonds. The van der Waals surface area contributed by atoms with Crippen molar-refractivity contribution in [2.45, 2.75) is 56.1 Å². The van der Waals surface area contributed by atoms with E-state index in [4.69, 9.17) is 4.74 Å². The summed E-state index contributed by atoms with van der Waals surface area (Å²) in [4.78, 5) is 16.8. The van der Waals surface area contributed by atoms with Crippen LogP contribution in [0.25, 0.3) is 0 Å². The lowest BCUT2D eigenvalue weighted by Gasteiger charge is -2.47. The summed E-state index contributed by atoms with van der Waals surface area (Å²) in [5, 5.41) is 6.23. The topological polar surface area (TPSA) is 63.2 Å². The Kier molecular flexibility index (Phi) is 3.97. The summed E-state index contributed by atoms with van der Waals surface area (Å²) in [5.74, 6) is 0.517. The van der Waals surface area contributed by atoms with Crippen LogP contribution in [0.15, 0.2) is 24.4 Å². The van der Waals surface area contributed by atoms with Crippen molar-refractivity contribution in [1.82, 2.24) is 15.6 Å². The first-order valence-electron chi connectivity index (χ1n) is 8.84. The number of hydrogen-bond donors (Lipinski definition) is 2. The second-order valence-corrected chi connectivity index (χ2v) is 7.23. The van der Waals surface area contributed by atoms with Gasteiger partial charge in [-0.05, 0) is 44.2 Å². The van der Waals surface area contributed by atoms with Gasteiger partial charge in [0.15, 0.2) is 0 Å². The number of nitrogens with one attached hydrogen (secondary N) is 2. The molecular weight excluding hydrogens is 290 g/mol. The van der Waals surface area contributed by atoms with Gasteiger partial charge >= 0.3 is 6.03 Å². The van der Waals surface area contributed by atoms with Gasteiger partial charge in [-0.25, -0.2) is 4.79 Å². The maximum absolute atomic E-state index is 12.3. The highest BCUT2D eigenvalue weighted by Gasteiger charge is 2.44. The Balaban J connectivity index is 1.29. The second-order valence-electron chi connectivity index (χ2n) is 7.23. The lowest BCUT2D eigenvalue weighted by atomic mass is 9.66. The van der Waals surface area contributed by atoms with Crippen molar-refractivity contribution in [3.63, 3.8) is 0 Å². The van der Waals surface area contributed by atoms with Crippen LogP contribution in [0.4, 0.5) is 4.79 Å². The maximum atomic E-state index is 12.3. The molecule has 23 heavy (non-hydrogen) atoms. The minimum Gasteiger partial charge on any atom is -0.378 e. The predicted octanol–water partition coefficient (Wildman–Crippen LogP) is 2.37. The number of ether oxygens (including phenoxy) is 1. The van der Waals surface area contributed by atoms with Gasteiger partial charge in [-0.2, -0.15) is 0 Å². The fourth-order valence-electron chi connectivity index (χ4n) is 4.23. The van der Waals surface area contributed by atoms with Gasteiger partial charge < -0.3 is 15.4 Å². The average Bonchev–Trinajstić information content (AvgIpc) is 2.53. The number of aromatic nitrogens is 1. The molecule has 124 valence electrons. The maximum Gasteiger partial charge on any atom is 0.315 e. The highest BCUT2D eigenvalue weighted by atomic mass is 16.5. The average molecular weight is 315 g/mol. The molecule has 2 aliphatic carbocycles. The smallest absolute Gasteiger partial charge is 0.315 e. The zero-order chi connectivity index (χ0) is 15.7. The number of carbonyl (C=O) groups excluding carboxylic acids is 1. The quantitative estimate of drug-likeness (QED) is 0.896. The van der Waals surface area contributed by atoms with Crippen molar-refractivity contribution >= 4 is 6.03 Å². The third-order valence-corrected chi connectivity index (χ3v) is 5.92. The molecular formula is C18H25N3O2. The standard InChI is InChI=1S/C18H25N3O2/c22-17(21-14-11-15-13(14)5-3-10-23-15)20-12-18(7-4-8-18)16-6-1-2-9-19-16/h1-2,6,9,13-15H,3-5,7-8,10-12H2,(H2,20,21,22). The van der Waals surface area contributed by atoms with E-state index < -0.39 is 0 Å². The molecule has 3 fully saturated rings. The molecule has 0 bridgehead atoms. The minimum atomic E-state index is -0.0405. The number of hydrogen-bond acceptors (Lipinski definition) is 3. The number of rotatable bonds is 4. The van der Waals surface area contributed by atoms with Crippen molar-refractivity contribution in [1.29, 1.82) is 0 Å². The lowest BCUT2D eigenvalue weighted by molar-refractivity contribution is -0.0999. The Hall–Kier alpha value is -1.62. The van der Waals surface area contributed by atoms with Gasteiger partial charge in [0.1, 0.15) is 0 Å². The zero-order valence-electron chi connectivity index (χ0n) is 13.5. The largest absolute Gasteiger partial charge is 0.378 e. The van der Waals surface area contributed by atoms with Crippen molar-refractivity contribution in [3.8, 4) is 0 Å². The van der Waals surface area contributed by atoms with Crippen LogP contribution in [-0.4, -0.2) is 36.3 Å². The number of fused-ring (bicyclic) bond motifs is 1. The third-order valence-electron chi connectivity index (χ3n) is 5.92. The van der Waals surface area contributed by atoms with Crippen LogP contribution in [0.3, 0.4) is 0 Å².